The lowest BCUT2D eigenvalue weighted by Crippen LogP contribution is -2.09. The standard InChI is InChI=1S/C21H13F2N3OS/c22-14-6-7-17(25-20(27)8-5-13-9-15(23)12-24-11-13)16(10-14)21-26-18-3-1-2-4-19(18)28-21/h1-12H,(H,25,27)/b8-5+. The highest BCUT2D eigenvalue weighted by Crippen LogP contribution is 2.35. The number of hydrogen-bond donors (Lipinski definition) is 1. The summed E-state index contributed by atoms with van der Waals surface area (Å²) in [6.45, 7) is 0. The summed E-state index contributed by atoms with van der Waals surface area (Å²) >= 11 is 1.42. The van der Waals surface area contributed by atoms with E-state index in [0.717, 1.165) is 16.4 Å². The smallest absolute Gasteiger partial charge is 0.248 e. The van der Waals surface area contributed by atoms with Crippen molar-refractivity contribution in [1.29, 1.82) is 0 Å². The van der Waals surface area contributed by atoms with Gasteiger partial charge in [-0.3, -0.25) is 9.78 Å². The summed E-state index contributed by atoms with van der Waals surface area (Å²) in [7, 11) is 0. The molecule has 7 heteroatoms. The lowest BCUT2D eigenvalue weighted by atomic mass is 10.1. The van der Waals surface area contributed by atoms with Crippen molar-refractivity contribution in [2.75, 3.05) is 5.32 Å². The van der Waals surface area contributed by atoms with E-state index in [4.69, 9.17) is 0 Å². The summed E-state index contributed by atoms with van der Waals surface area (Å²) in [6.07, 6.45) is 5.24. The Morgan fingerprint density at radius 2 is 1.89 bits per heavy atom. The van der Waals surface area contributed by atoms with Gasteiger partial charge in [0.25, 0.3) is 0 Å². The fourth-order valence-corrected chi connectivity index (χ4v) is 3.65. The minimum atomic E-state index is -0.487. The number of carbonyl (C=O) groups is 1. The molecule has 0 atom stereocenters. The van der Waals surface area contributed by atoms with E-state index in [1.807, 2.05) is 24.3 Å². The van der Waals surface area contributed by atoms with Crippen LogP contribution in [0.4, 0.5) is 14.5 Å². The van der Waals surface area contributed by atoms with Crippen LogP contribution in [0.1, 0.15) is 5.56 Å². The van der Waals surface area contributed by atoms with Gasteiger partial charge in [-0.15, -0.1) is 11.3 Å². The Morgan fingerprint density at radius 3 is 2.71 bits per heavy atom. The fraction of sp³-hybridized carbons (Fsp3) is 0. The molecule has 0 aliphatic rings. The molecule has 0 bridgehead atoms. The lowest BCUT2D eigenvalue weighted by molar-refractivity contribution is -0.111. The first-order valence-electron chi connectivity index (χ1n) is 8.33. The minimum absolute atomic E-state index is 0.423. The summed E-state index contributed by atoms with van der Waals surface area (Å²) in [5.41, 5.74) is 2.20. The maximum absolute atomic E-state index is 13.8. The maximum Gasteiger partial charge on any atom is 0.248 e. The number of aromatic nitrogens is 2. The normalized spacial score (nSPS) is 11.2. The molecular weight excluding hydrogens is 380 g/mol. The molecule has 1 amide bonds. The van der Waals surface area contributed by atoms with E-state index in [-0.39, 0.29) is 0 Å². The van der Waals surface area contributed by atoms with Crippen molar-refractivity contribution in [1.82, 2.24) is 9.97 Å². The van der Waals surface area contributed by atoms with Crippen molar-refractivity contribution in [2.45, 2.75) is 0 Å². The third-order valence-corrected chi connectivity index (χ3v) is 4.99. The fourth-order valence-electron chi connectivity index (χ4n) is 2.66. The van der Waals surface area contributed by atoms with Crippen molar-refractivity contribution in [2.24, 2.45) is 0 Å². The van der Waals surface area contributed by atoms with E-state index in [1.54, 1.807) is 0 Å². The average molecular weight is 393 g/mol. The molecule has 0 saturated heterocycles. The number of para-hydroxylation sites is 1. The first kappa shape index (κ1) is 17.9. The molecule has 28 heavy (non-hydrogen) atoms. The molecule has 0 aliphatic heterocycles. The molecular formula is C21H13F2N3OS. The largest absolute Gasteiger partial charge is 0.322 e. The zero-order chi connectivity index (χ0) is 19.5. The highest BCUT2D eigenvalue weighted by atomic mass is 32.1. The molecule has 138 valence electrons. The number of thiazole rings is 1. The summed E-state index contributed by atoms with van der Waals surface area (Å²) in [6, 6.07) is 13.0. The Labute approximate surface area is 163 Å². The van der Waals surface area contributed by atoms with Crippen LogP contribution in [-0.4, -0.2) is 15.9 Å². The monoisotopic (exact) mass is 393 g/mol. The molecule has 2 aromatic heterocycles. The first-order chi connectivity index (χ1) is 13.6. The Morgan fingerprint density at radius 1 is 1.04 bits per heavy atom. The molecule has 4 rings (SSSR count). The maximum atomic E-state index is 13.8. The molecule has 4 aromatic rings. The van der Waals surface area contributed by atoms with Gasteiger partial charge in [0.05, 0.1) is 22.1 Å². The molecule has 0 aliphatic carbocycles. The van der Waals surface area contributed by atoms with Crippen LogP contribution in [0.5, 0.6) is 0 Å². The van der Waals surface area contributed by atoms with Gasteiger partial charge in [-0.05, 0) is 48.0 Å². The van der Waals surface area contributed by atoms with Gasteiger partial charge in [-0.2, -0.15) is 0 Å². The summed E-state index contributed by atoms with van der Waals surface area (Å²) in [4.78, 5) is 20.5. The number of nitrogens with one attached hydrogen (secondary N) is 1. The molecule has 2 heterocycles. The van der Waals surface area contributed by atoms with Gasteiger partial charge in [0.1, 0.15) is 16.6 Å². The predicted molar refractivity (Wildman–Crippen MR) is 107 cm³/mol. The molecule has 0 saturated carbocycles. The number of pyridine rings is 1. The van der Waals surface area contributed by atoms with Gasteiger partial charge >= 0.3 is 0 Å². The number of anilines is 1. The summed E-state index contributed by atoms with van der Waals surface area (Å²) < 4.78 is 28.0. The Balaban J connectivity index is 1.62. The number of fused-ring (bicyclic) bond motifs is 1. The Bertz CT molecular complexity index is 1170. The van der Waals surface area contributed by atoms with Crippen LogP contribution in [0.2, 0.25) is 0 Å². The van der Waals surface area contributed by atoms with Crippen molar-refractivity contribution in [3.63, 3.8) is 0 Å². The van der Waals surface area contributed by atoms with E-state index < -0.39 is 17.5 Å². The zero-order valence-corrected chi connectivity index (χ0v) is 15.2. The average Bonchev–Trinajstić information content (AvgIpc) is 3.12. The molecule has 1 N–H and O–H groups in total. The molecule has 2 aromatic carbocycles. The van der Waals surface area contributed by atoms with Crippen LogP contribution < -0.4 is 5.32 Å². The van der Waals surface area contributed by atoms with E-state index in [1.165, 1.54) is 54.0 Å². The highest BCUT2D eigenvalue weighted by Gasteiger charge is 2.13. The summed E-state index contributed by atoms with van der Waals surface area (Å²) in [5.74, 6) is -1.34. The van der Waals surface area contributed by atoms with E-state index in [0.29, 0.717) is 21.8 Å². The molecule has 0 spiro atoms. The van der Waals surface area contributed by atoms with Gasteiger partial charge in [-0.1, -0.05) is 12.1 Å². The quantitative estimate of drug-likeness (QED) is 0.480. The molecule has 0 unspecified atom stereocenters. The third-order valence-electron chi connectivity index (χ3n) is 3.92. The van der Waals surface area contributed by atoms with Crippen LogP contribution in [-0.2, 0) is 4.79 Å². The number of carbonyl (C=O) groups excluding carboxylic acids is 1. The third kappa shape index (κ3) is 3.94. The summed E-state index contributed by atoms with van der Waals surface area (Å²) in [5, 5.41) is 3.33. The number of hydrogen-bond acceptors (Lipinski definition) is 4. The Kier molecular flexibility index (Phi) is 4.90. The van der Waals surface area contributed by atoms with Crippen LogP contribution in [0.3, 0.4) is 0 Å². The molecule has 4 nitrogen and oxygen atoms in total. The topological polar surface area (TPSA) is 54.9 Å². The second kappa shape index (κ2) is 7.66. The Hall–Kier alpha value is -3.45. The number of benzene rings is 2. The van der Waals surface area contributed by atoms with E-state index in [2.05, 4.69) is 15.3 Å². The highest BCUT2D eigenvalue weighted by molar-refractivity contribution is 7.21. The van der Waals surface area contributed by atoms with Gasteiger partial charge in [-0.25, -0.2) is 13.8 Å². The number of rotatable bonds is 4. The van der Waals surface area contributed by atoms with Crippen molar-refractivity contribution < 1.29 is 13.6 Å². The van der Waals surface area contributed by atoms with E-state index in [9.17, 15) is 13.6 Å². The van der Waals surface area contributed by atoms with Gasteiger partial charge < -0.3 is 5.32 Å². The van der Waals surface area contributed by atoms with Gasteiger partial charge in [0.2, 0.25) is 5.91 Å². The van der Waals surface area contributed by atoms with Gasteiger partial charge in [0.15, 0.2) is 0 Å². The van der Waals surface area contributed by atoms with Crippen molar-refractivity contribution in [3.05, 3.63) is 84.2 Å². The van der Waals surface area contributed by atoms with Gasteiger partial charge in [0, 0.05) is 17.8 Å². The van der Waals surface area contributed by atoms with Crippen molar-refractivity contribution in [3.8, 4) is 10.6 Å². The predicted octanol–water partition coefficient (Wildman–Crippen LogP) is 5.29. The lowest BCUT2D eigenvalue weighted by Gasteiger charge is -2.08. The number of halogens is 2. The molecule has 0 fully saturated rings. The minimum Gasteiger partial charge on any atom is -0.322 e. The zero-order valence-electron chi connectivity index (χ0n) is 14.4. The number of amides is 1. The molecule has 0 radical (unpaired) electrons. The first-order valence-corrected chi connectivity index (χ1v) is 9.15. The number of nitrogens with zero attached hydrogens (tertiary/aromatic N) is 2. The van der Waals surface area contributed by atoms with Crippen molar-refractivity contribution >= 4 is 39.2 Å². The second-order valence-corrected chi connectivity index (χ2v) is 6.97. The SMILES string of the molecule is O=C(/C=C/c1cncc(F)c1)Nc1ccc(F)cc1-c1nc2ccccc2s1. The van der Waals surface area contributed by atoms with Crippen LogP contribution in [0.15, 0.2) is 67.0 Å². The van der Waals surface area contributed by atoms with Crippen LogP contribution >= 0.6 is 11.3 Å². The van der Waals surface area contributed by atoms with Crippen LogP contribution in [0, 0.1) is 11.6 Å². The van der Waals surface area contributed by atoms with Crippen LogP contribution in [0.25, 0.3) is 26.9 Å². The second-order valence-electron chi connectivity index (χ2n) is 5.94. The van der Waals surface area contributed by atoms with E-state index >= 15 is 0 Å².